The summed E-state index contributed by atoms with van der Waals surface area (Å²) in [6.07, 6.45) is 0.699. The van der Waals surface area contributed by atoms with Gasteiger partial charge >= 0.3 is 12.1 Å². The van der Waals surface area contributed by atoms with Crippen LogP contribution in [0.5, 0.6) is 0 Å². The molecule has 10 heteroatoms. The summed E-state index contributed by atoms with van der Waals surface area (Å²) in [5.74, 6) is -0.465. The van der Waals surface area contributed by atoms with Crippen LogP contribution in [0.4, 0.5) is 4.79 Å². The summed E-state index contributed by atoms with van der Waals surface area (Å²) in [6.45, 7) is 1.40. The quantitative estimate of drug-likeness (QED) is 0.303. The smallest absolute Gasteiger partial charge is 0.417 e. The van der Waals surface area contributed by atoms with Gasteiger partial charge in [-0.3, -0.25) is 9.59 Å². The number of benzene rings is 1. The Labute approximate surface area is 212 Å². The van der Waals surface area contributed by atoms with Crippen LogP contribution in [-0.4, -0.2) is 54.4 Å². The van der Waals surface area contributed by atoms with Crippen molar-refractivity contribution in [3.05, 3.63) is 58.0 Å². The number of methoxy groups -OCH3 is 1. The van der Waals surface area contributed by atoms with E-state index in [0.717, 1.165) is 36.1 Å². The second-order valence-electron chi connectivity index (χ2n) is 8.21. The fraction of sp³-hybridized carbons (Fsp3) is 0.480. The van der Waals surface area contributed by atoms with E-state index in [4.69, 9.17) is 23.7 Å². The number of halogens is 1. The number of cyclic esters (lactones) is 1. The SMILES string of the molecule is CO[C@@H](C(=O)N1C(=O)OC[C@H]1c1ccccc1)[C@@H](OC(C)=O)c1cc(Br)c(CCCCCCO)o1. The standard InChI is InChI=1S/C25H30BrNO8/c1-16(29)34-22(21-14-18(26)20(35-21)12-8-3-4-9-13-28)23(32-2)24(30)27-19(15-33-25(27)31)17-10-6-5-7-11-17/h5-7,10-11,14,19,22-23,28H,3-4,8-9,12-13,15H2,1-2H3/t19-,22-,23+/m0/s1. The second kappa shape index (κ2) is 12.9. The fourth-order valence-electron chi connectivity index (χ4n) is 4.01. The summed E-state index contributed by atoms with van der Waals surface area (Å²) in [7, 11) is 1.30. The molecule has 0 unspecified atom stereocenters. The Balaban J connectivity index is 1.84. The average molecular weight is 552 g/mol. The van der Waals surface area contributed by atoms with E-state index in [-0.39, 0.29) is 19.0 Å². The number of amides is 2. The molecular formula is C25H30BrNO8. The van der Waals surface area contributed by atoms with Gasteiger partial charge in [-0.05, 0) is 40.4 Å². The van der Waals surface area contributed by atoms with Crippen molar-refractivity contribution in [2.24, 2.45) is 0 Å². The highest BCUT2D eigenvalue weighted by atomic mass is 79.9. The van der Waals surface area contributed by atoms with Crippen molar-refractivity contribution in [3.8, 4) is 0 Å². The molecule has 1 N–H and O–H groups in total. The first kappa shape index (κ1) is 26.9. The number of hydrogen-bond acceptors (Lipinski definition) is 8. The van der Waals surface area contributed by atoms with Crippen molar-refractivity contribution in [1.29, 1.82) is 0 Å². The molecule has 1 aromatic carbocycles. The maximum Gasteiger partial charge on any atom is 0.417 e. The number of rotatable bonds is 12. The maximum absolute atomic E-state index is 13.6. The Kier molecular flexibility index (Phi) is 9.88. The predicted molar refractivity (Wildman–Crippen MR) is 128 cm³/mol. The lowest BCUT2D eigenvalue weighted by Crippen LogP contribution is -2.45. The van der Waals surface area contributed by atoms with Gasteiger partial charge in [0.05, 0.1) is 4.47 Å². The minimum Gasteiger partial charge on any atom is -0.461 e. The van der Waals surface area contributed by atoms with Crippen LogP contribution in [-0.2, 0) is 30.2 Å². The van der Waals surface area contributed by atoms with E-state index in [0.29, 0.717) is 16.7 Å². The number of aliphatic hydroxyl groups is 1. The molecule has 1 saturated heterocycles. The van der Waals surface area contributed by atoms with Gasteiger partial charge in [-0.25, -0.2) is 9.69 Å². The number of carbonyl (C=O) groups is 3. The number of hydrogen-bond donors (Lipinski definition) is 1. The first-order chi connectivity index (χ1) is 16.9. The molecule has 2 aromatic rings. The molecule has 1 aromatic heterocycles. The molecule has 3 atom stereocenters. The highest BCUT2D eigenvalue weighted by Crippen LogP contribution is 2.35. The Morgan fingerprint density at radius 3 is 2.57 bits per heavy atom. The number of ether oxygens (including phenoxy) is 3. The minimum atomic E-state index is -1.34. The Morgan fingerprint density at radius 1 is 1.20 bits per heavy atom. The lowest BCUT2D eigenvalue weighted by molar-refractivity contribution is -0.164. The summed E-state index contributed by atoms with van der Waals surface area (Å²) >= 11 is 3.47. The monoisotopic (exact) mass is 551 g/mol. The number of furan rings is 1. The molecule has 1 aliphatic rings. The number of imide groups is 1. The van der Waals surface area contributed by atoms with Gasteiger partial charge in [0.25, 0.3) is 5.91 Å². The third-order valence-corrected chi connectivity index (χ3v) is 6.40. The van der Waals surface area contributed by atoms with Gasteiger partial charge in [-0.1, -0.05) is 43.2 Å². The third-order valence-electron chi connectivity index (χ3n) is 5.73. The van der Waals surface area contributed by atoms with E-state index in [1.807, 2.05) is 18.2 Å². The lowest BCUT2D eigenvalue weighted by Gasteiger charge is -2.28. The van der Waals surface area contributed by atoms with Crippen molar-refractivity contribution < 1.29 is 38.1 Å². The van der Waals surface area contributed by atoms with Crippen LogP contribution in [0.2, 0.25) is 0 Å². The molecule has 0 saturated carbocycles. The summed E-state index contributed by atoms with van der Waals surface area (Å²) in [5, 5.41) is 8.92. The normalized spacial score (nSPS) is 17.2. The first-order valence-electron chi connectivity index (χ1n) is 11.5. The van der Waals surface area contributed by atoms with E-state index < -0.39 is 36.2 Å². The van der Waals surface area contributed by atoms with E-state index in [1.54, 1.807) is 18.2 Å². The van der Waals surface area contributed by atoms with Gasteiger partial charge < -0.3 is 23.7 Å². The van der Waals surface area contributed by atoms with E-state index >= 15 is 0 Å². The van der Waals surface area contributed by atoms with Crippen LogP contribution in [0, 0.1) is 0 Å². The summed E-state index contributed by atoms with van der Waals surface area (Å²) in [4.78, 5) is 39.0. The largest absolute Gasteiger partial charge is 0.461 e. The van der Waals surface area contributed by atoms with Crippen LogP contribution in [0.15, 0.2) is 45.3 Å². The van der Waals surface area contributed by atoms with Crippen LogP contribution in [0.25, 0.3) is 0 Å². The molecule has 1 fully saturated rings. The topological polar surface area (TPSA) is 116 Å². The van der Waals surface area contributed by atoms with Crippen LogP contribution < -0.4 is 0 Å². The zero-order chi connectivity index (χ0) is 25.4. The van der Waals surface area contributed by atoms with Crippen LogP contribution in [0.1, 0.15) is 61.8 Å². The highest BCUT2D eigenvalue weighted by Gasteiger charge is 2.46. The number of aliphatic hydroxyl groups excluding tert-OH is 1. The Bertz CT molecular complexity index is 1010. The summed E-state index contributed by atoms with van der Waals surface area (Å²) in [6, 6.07) is 10.1. The molecule has 2 amide bonds. The number of carbonyl (C=O) groups excluding carboxylic acids is 3. The molecule has 190 valence electrons. The molecule has 0 aliphatic carbocycles. The van der Waals surface area contributed by atoms with Gasteiger partial charge in [0, 0.05) is 27.1 Å². The molecule has 1 aliphatic heterocycles. The average Bonchev–Trinajstić information content (AvgIpc) is 3.41. The van der Waals surface area contributed by atoms with Crippen molar-refractivity contribution in [3.63, 3.8) is 0 Å². The Morgan fingerprint density at radius 2 is 1.91 bits per heavy atom. The maximum atomic E-state index is 13.6. The molecule has 2 heterocycles. The lowest BCUT2D eigenvalue weighted by atomic mass is 10.0. The second-order valence-corrected chi connectivity index (χ2v) is 9.06. The Hall–Kier alpha value is -2.69. The van der Waals surface area contributed by atoms with Crippen molar-refractivity contribution >= 4 is 33.9 Å². The van der Waals surface area contributed by atoms with Crippen molar-refractivity contribution in [2.75, 3.05) is 20.3 Å². The molecule has 0 bridgehead atoms. The number of aryl methyl sites for hydroxylation is 1. The molecule has 35 heavy (non-hydrogen) atoms. The molecular weight excluding hydrogens is 522 g/mol. The number of unbranched alkanes of at least 4 members (excludes halogenated alkanes) is 3. The minimum absolute atomic E-state index is 0.00990. The van der Waals surface area contributed by atoms with Crippen LogP contribution >= 0.6 is 15.9 Å². The van der Waals surface area contributed by atoms with Crippen molar-refractivity contribution in [2.45, 2.75) is 57.3 Å². The molecule has 3 rings (SSSR count). The number of nitrogens with zero attached hydrogens (tertiary/aromatic N) is 1. The summed E-state index contributed by atoms with van der Waals surface area (Å²) < 4.78 is 22.8. The van der Waals surface area contributed by atoms with Crippen LogP contribution in [0.3, 0.4) is 0 Å². The number of esters is 1. The summed E-state index contributed by atoms with van der Waals surface area (Å²) in [5.41, 5.74) is 0.731. The fourth-order valence-corrected chi connectivity index (χ4v) is 4.52. The van der Waals surface area contributed by atoms with Gasteiger partial charge in [0.15, 0.2) is 12.2 Å². The zero-order valence-corrected chi connectivity index (χ0v) is 21.4. The first-order valence-corrected chi connectivity index (χ1v) is 12.3. The predicted octanol–water partition coefficient (Wildman–Crippen LogP) is 4.48. The van der Waals surface area contributed by atoms with E-state index in [9.17, 15) is 14.4 Å². The highest BCUT2D eigenvalue weighted by molar-refractivity contribution is 9.10. The van der Waals surface area contributed by atoms with Crippen molar-refractivity contribution in [1.82, 2.24) is 4.90 Å². The third kappa shape index (κ3) is 6.71. The molecule has 0 spiro atoms. The van der Waals surface area contributed by atoms with Gasteiger partial charge in [0.1, 0.15) is 24.2 Å². The molecule has 9 nitrogen and oxygen atoms in total. The van der Waals surface area contributed by atoms with E-state index in [2.05, 4.69) is 15.9 Å². The molecule has 0 radical (unpaired) electrons. The van der Waals surface area contributed by atoms with Gasteiger partial charge in [-0.2, -0.15) is 0 Å². The van der Waals surface area contributed by atoms with Gasteiger partial charge in [-0.15, -0.1) is 0 Å². The van der Waals surface area contributed by atoms with E-state index in [1.165, 1.54) is 14.0 Å². The zero-order valence-electron chi connectivity index (χ0n) is 19.8. The van der Waals surface area contributed by atoms with Gasteiger partial charge in [0.2, 0.25) is 0 Å².